The van der Waals surface area contributed by atoms with Crippen molar-refractivity contribution in [2.45, 2.75) is 57.4 Å². The quantitative estimate of drug-likeness (QED) is 0.666. The highest BCUT2D eigenvalue weighted by Crippen LogP contribution is 2.33. The maximum atomic E-state index is 12.3. The smallest absolute Gasteiger partial charge is 0.303 e. The summed E-state index contributed by atoms with van der Waals surface area (Å²) in [6.45, 7) is 0.892. The molecular formula is C15H24N2O3. The Kier molecular flexibility index (Phi) is 5.59. The molecule has 1 amide bonds. The Morgan fingerprint density at radius 2 is 2.15 bits per heavy atom. The average Bonchev–Trinajstić information content (AvgIpc) is 3.24. The normalized spacial score (nSPS) is 18.5. The minimum atomic E-state index is -0.787. The van der Waals surface area contributed by atoms with Gasteiger partial charge in [0.2, 0.25) is 5.91 Å². The third kappa shape index (κ3) is 4.63. The van der Waals surface area contributed by atoms with Crippen LogP contribution in [0.5, 0.6) is 0 Å². The van der Waals surface area contributed by atoms with Crippen LogP contribution in [0.25, 0.3) is 0 Å². The maximum Gasteiger partial charge on any atom is 0.303 e. The molecule has 112 valence electrons. The molecule has 1 fully saturated rings. The Morgan fingerprint density at radius 3 is 2.75 bits per heavy atom. The molecule has 5 heteroatoms. The standard InChI is InChI=1S/C15H24N2O3/c18-14(11-16-10-4-7-15(19)20)17(13-8-9-13)12-5-2-1-3-6-12/h5,13,16H,1-4,6-11H2,(H,19,20). The summed E-state index contributed by atoms with van der Waals surface area (Å²) in [5.74, 6) is -0.652. The van der Waals surface area contributed by atoms with E-state index in [1.165, 1.54) is 18.5 Å². The maximum absolute atomic E-state index is 12.3. The molecule has 5 nitrogen and oxygen atoms in total. The minimum Gasteiger partial charge on any atom is -0.481 e. The van der Waals surface area contributed by atoms with Crippen molar-refractivity contribution in [3.05, 3.63) is 11.8 Å². The Labute approximate surface area is 120 Å². The first kappa shape index (κ1) is 15.0. The van der Waals surface area contributed by atoms with Gasteiger partial charge in [0.25, 0.3) is 0 Å². The summed E-state index contributed by atoms with van der Waals surface area (Å²) in [7, 11) is 0. The molecule has 20 heavy (non-hydrogen) atoms. The molecule has 2 aliphatic rings. The van der Waals surface area contributed by atoms with Crippen LogP contribution >= 0.6 is 0 Å². The van der Waals surface area contributed by atoms with E-state index in [4.69, 9.17) is 5.11 Å². The lowest BCUT2D eigenvalue weighted by molar-refractivity contribution is -0.137. The third-order valence-corrected chi connectivity index (χ3v) is 3.78. The number of nitrogens with one attached hydrogen (secondary N) is 1. The fourth-order valence-corrected chi connectivity index (χ4v) is 2.62. The summed E-state index contributed by atoms with van der Waals surface area (Å²) in [6.07, 6.45) is 9.65. The summed E-state index contributed by atoms with van der Waals surface area (Å²) in [5.41, 5.74) is 1.20. The summed E-state index contributed by atoms with van der Waals surface area (Å²) in [4.78, 5) is 24.7. The number of carbonyl (C=O) groups excluding carboxylic acids is 1. The van der Waals surface area contributed by atoms with Crippen LogP contribution in [0.2, 0.25) is 0 Å². The van der Waals surface area contributed by atoms with Crippen LogP contribution in [0.3, 0.4) is 0 Å². The van der Waals surface area contributed by atoms with Gasteiger partial charge in [0, 0.05) is 18.2 Å². The lowest BCUT2D eigenvalue weighted by atomic mass is 10.0. The van der Waals surface area contributed by atoms with Crippen molar-refractivity contribution in [3.63, 3.8) is 0 Å². The second kappa shape index (κ2) is 7.43. The molecule has 0 atom stereocenters. The van der Waals surface area contributed by atoms with E-state index in [2.05, 4.69) is 11.4 Å². The SMILES string of the molecule is O=C(O)CCCNCC(=O)N(C1=CCCCC1)C1CC1. The van der Waals surface area contributed by atoms with E-state index in [-0.39, 0.29) is 12.3 Å². The molecule has 1 saturated carbocycles. The van der Waals surface area contributed by atoms with E-state index in [9.17, 15) is 9.59 Å². The van der Waals surface area contributed by atoms with Gasteiger partial charge in [-0.25, -0.2) is 0 Å². The highest BCUT2D eigenvalue weighted by Gasteiger charge is 2.34. The lowest BCUT2D eigenvalue weighted by Crippen LogP contribution is -2.39. The van der Waals surface area contributed by atoms with E-state index in [0.29, 0.717) is 25.6 Å². The van der Waals surface area contributed by atoms with Crippen molar-refractivity contribution in [3.8, 4) is 0 Å². The topological polar surface area (TPSA) is 69.6 Å². The molecule has 0 aromatic carbocycles. The zero-order valence-corrected chi connectivity index (χ0v) is 11.9. The van der Waals surface area contributed by atoms with E-state index in [1.807, 2.05) is 4.90 Å². The number of nitrogens with zero attached hydrogens (tertiary/aromatic N) is 1. The van der Waals surface area contributed by atoms with Crippen LogP contribution in [0.15, 0.2) is 11.8 Å². The molecule has 0 unspecified atom stereocenters. The molecular weight excluding hydrogens is 256 g/mol. The molecule has 0 radical (unpaired) electrons. The number of aliphatic carboxylic acids is 1. The first-order valence-electron chi connectivity index (χ1n) is 7.62. The Morgan fingerprint density at radius 1 is 1.35 bits per heavy atom. The van der Waals surface area contributed by atoms with Gasteiger partial charge < -0.3 is 15.3 Å². The van der Waals surface area contributed by atoms with E-state index in [0.717, 1.165) is 25.7 Å². The van der Waals surface area contributed by atoms with Crippen molar-refractivity contribution in [2.75, 3.05) is 13.1 Å². The zero-order chi connectivity index (χ0) is 14.4. The van der Waals surface area contributed by atoms with E-state index in [1.54, 1.807) is 0 Å². The summed E-state index contributed by atoms with van der Waals surface area (Å²) >= 11 is 0. The molecule has 2 aliphatic carbocycles. The Bertz CT molecular complexity index is 389. The van der Waals surface area contributed by atoms with Crippen LogP contribution in [-0.4, -0.2) is 41.0 Å². The van der Waals surface area contributed by atoms with Gasteiger partial charge in [0.15, 0.2) is 0 Å². The number of allylic oxidation sites excluding steroid dienone is 2. The van der Waals surface area contributed by atoms with Gasteiger partial charge in [-0.15, -0.1) is 0 Å². The van der Waals surface area contributed by atoms with Crippen LogP contribution in [0.1, 0.15) is 51.4 Å². The lowest BCUT2D eigenvalue weighted by Gasteiger charge is -2.28. The molecule has 0 saturated heterocycles. The van der Waals surface area contributed by atoms with Crippen LogP contribution < -0.4 is 5.32 Å². The molecule has 2 N–H and O–H groups in total. The third-order valence-electron chi connectivity index (χ3n) is 3.78. The predicted octanol–water partition coefficient (Wildman–Crippen LogP) is 1.89. The second-order valence-corrected chi connectivity index (χ2v) is 5.61. The summed E-state index contributed by atoms with van der Waals surface area (Å²) in [6, 6.07) is 0.410. The Balaban J connectivity index is 1.76. The van der Waals surface area contributed by atoms with E-state index >= 15 is 0 Å². The van der Waals surface area contributed by atoms with Crippen molar-refractivity contribution >= 4 is 11.9 Å². The first-order chi connectivity index (χ1) is 9.68. The van der Waals surface area contributed by atoms with Gasteiger partial charge >= 0.3 is 5.97 Å². The zero-order valence-electron chi connectivity index (χ0n) is 11.9. The average molecular weight is 280 g/mol. The van der Waals surface area contributed by atoms with Crippen LogP contribution in [-0.2, 0) is 9.59 Å². The molecule has 0 aliphatic heterocycles. The Hall–Kier alpha value is -1.36. The molecule has 0 aromatic rings. The molecule has 0 aromatic heterocycles. The van der Waals surface area contributed by atoms with Crippen LogP contribution in [0, 0.1) is 0 Å². The van der Waals surface area contributed by atoms with E-state index < -0.39 is 5.97 Å². The van der Waals surface area contributed by atoms with Gasteiger partial charge in [-0.1, -0.05) is 6.08 Å². The van der Waals surface area contributed by atoms with Gasteiger partial charge in [-0.3, -0.25) is 9.59 Å². The number of carboxylic acids is 1. The van der Waals surface area contributed by atoms with Gasteiger partial charge in [-0.2, -0.15) is 0 Å². The number of rotatable bonds is 8. The minimum absolute atomic E-state index is 0.135. The number of amides is 1. The number of carboxylic acid groups (broad SMARTS) is 1. The fraction of sp³-hybridized carbons (Fsp3) is 0.733. The highest BCUT2D eigenvalue weighted by molar-refractivity contribution is 5.80. The number of carbonyl (C=O) groups is 2. The molecule has 0 bridgehead atoms. The summed E-state index contributed by atoms with van der Waals surface area (Å²) < 4.78 is 0. The second-order valence-electron chi connectivity index (χ2n) is 5.61. The summed E-state index contributed by atoms with van der Waals surface area (Å²) in [5, 5.41) is 11.6. The van der Waals surface area contributed by atoms with Crippen LogP contribution in [0.4, 0.5) is 0 Å². The van der Waals surface area contributed by atoms with Gasteiger partial charge in [-0.05, 0) is 51.5 Å². The van der Waals surface area contributed by atoms with Gasteiger partial charge in [0.1, 0.15) is 0 Å². The highest BCUT2D eigenvalue weighted by atomic mass is 16.4. The monoisotopic (exact) mass is 280 g/mol. The first-order valence-corrected chi connectivity index (χ1v) is 7.62. The van der Waals surface area contributed by atoms with Crippen molar-refractivity contribution in [2.24, 2.45) is 0 Å². The fourth-order valence-electron chi connectivity index (χ4n) is 2.62. The van der Waals surface area contributed by atoms with Gasteiger partial charge in [0.05, 0.1) is 6.54 Å². The molecule has 0 spiro atoms. The molecule has 2 rings (SSSR count). The predicted molar refractivity (Wildman–Crippen MR) is 76.2 cm³/mol. The van der Waals surface area contributed by atoms with Crippen molar-refractivity contribution < 1.29 is 14.7 Å². The number of hydrogen-bond acceptors (Lipinski definition) is 3. The number of hydrogen-bond donors (Lipinski definition) is 2. The largest absolute Gasteiger partial charge is 0.481 e. The van der Waals surface area contributed by atoms with Crippen molar-refractivity contribution in [1.82, 2.24) is 10.2 Å². The molecule has 0 heterocycles. The van der Waals surface area contributed by atoms with Crippen molar-refractivity contribution in [1.29, 1.82) is 0 Å².